The Balaban J connectivity index is 1.51. The molecule has 0 fully saturated rings. The van der Waals surface area contributed by atoms with Crippen LogP contribution in [0.4, 0.5) is 5.69 Å². The molecule has 0 radical (unpaired) electrons. The van der Waals surface area contributed by atoms with Crippen molar-refractivity contribution >= 4 is 58.1 Å². The highest BCUT2D eigenvalue weighted by Gasteiger charge is 2.29. The molecular weight excluding hydrogens is 429 g/mol. The number of fused-ring (bicyclic) bond motifs is 2. The summed E-state index contributed by atoms with van der Waals surface area (Å²) in [6, 6.07) is 16.5. The summed E-state index contributed by atoms with van der Waals surface area (Å²) in [5.74, 6) is -0.570. The average molecular weight is 442 g/mol. The molecule has 0 aromatic heterocycles. The Bertz CT molecular complexity index is 1180. The summed E-state index contributed by atoms with van der Waals surface area (Å²) in [5, 5.41) is 3.81. The van der Waals surface area contributed by atoms with Crippen LogP contribution in [0.15, 0.2) is 65.6 Å². The number of hydrogen-bond acceptors (Lipinski definition) is 4. The van der Waals surface area contributed by atoms with Gasteiger partial charge in [-0.2, -0.15) is 0 Å². The van der Waals surface area contributed by atoms with E-state index in [9.17, 15) is 14.4 Å². The molecule has 0 unspecified atom stereocenters. The van der Waals surface area contributed by atoms with Crippen molar-refractivity contribution < 1.29 is 14.4 Å². The van der Waals surface area contributed by atoms with Gasteiger partial charge in [0.05, 0.1) is 10.8 Å². The number of hydrogen-bond donors (Lipinski definition) is 1. The van der Waals surface area contributed by atoms with E-state index in [1.165, 1.54) is 11.8 Å². The van der Waals surface area contributed by atoms with Crippen molar-refractivity contribution in [3.05, 3.63) is 93.0 Å². The summed E-state index contributed by atoms with van der Waals surface area (Å²) in [4.78, 5) is 38.5. The standard InChI is InChI=1S/C22H13Cl2NO3S/c23-12-5-8-18(24)19(9-12)29-11-20(26)25-13-6-7-16-17(10-13)22(28)15-4-2-1-3-14(15)21(16)27/h1-10H,11H2,(H,25,26). The summed E-state index contributed by atoms with van der Waals surface area (Å²) in [5.41, 5.74) is 1.85. The number of halogens is 2. The van der Waals surface area contributed by atoms with E-state index >= 15 is 0 Å². The van der Waals surface area contributed by atoms with Gasteiger partial charge in [0, 0.05) is 37.9 Å². The first-order chi connectivity index (χ1) is 13.9. The fourth-order valence-corrected chi connectivity index (χ4v) is 4.40. The Morgan fingerprint density at radius 3 is 2.21 bits per heavy atom. The zero-order chi connectivity index (χ0) is 20.5. The molecule has 4 rings (SSSR count). The van der Waals surface area contributed by atoms with Crippen molar-refractivity contribution in [1.82, 2.24) is 0 Å². The molecule has 0 saturated carbocycles. The Kier molecular flexibility index (Phi) is 5.46. The van der Waals surface area contributed by atoms with Crippen molar-refractivity contribution in [3.63, 3.8) is 0 Å². The lowest BCUT2D eigenvalue weighted by Crippen LogP contribution is -2.21. The maximum absolute atomic E-state index is 12.8. The highest BCUT2D eigenvalue weighted by atomic mass is 35.5. The number of anilines is 1. The number of carbonyl (C=O) groups is 3. The van der Waals surface area contributed by atoms with Crippen LogP contribution >= 0.6 is 35.0 Å². The van der Waals surface area contributed by atoms with E-state index in [0.29, 0.717) is 37.3 Å². The Morgan fingerprint density at radius 2 is 1.48 bits per heavy atom. The molecule has 29 heavy (non-hydrogen) atoms. The molecule has 1 aliphatic carbocycles. The molecule has 3 aromatic carbocycles. The predicted octanol–water partition coefficient (Wildman–Crippen LogP) is 5.50. The van der Waals surface area contributed by atoms with E-state index in [0.717, 1.165) is 0 Å². The van der Waals surface area contributed by atoms with Gasteiger partial charge < -0.3 is 5.32 Å². The van der Waals surface area contributed by atoms with Crippen LogP contribution in [0.5, 0.6) is 0 Å². The average Bonchev–Trinajstić information content (AvgIpc) is 2.72. The fourth-order valence-electron chi connectivity index (χ4n) is 3.11. The third-order valence-corrected chi connectivity index (χ3v) is 6.19. The van der Waals surface area contributed by atoms with E-state index in [1.807, 2.05) is 0 Å². The lowest BCUT2D eigenvalue weighted by Gasteiger charge is -2.18. The van der Waals surface area contributed by atoms with E-state index in [2.05, 4.69) is 5.32 Å². The first-order valence-electron chi connectivity index (χ1n) is 8.64. The second kappa shape index (κ2) is 8.03. The lowest BCUT2D eigenvalue weighted by molar-refractivity contribution is -0.113. The van der Waals surface area contributed by atoms with Crippen LogP contribution in [0, 0.1) is 0 Å². The van der Waals surface area contributed by atoms with Crippen LogP contribution in [-0.4, -0.2) is 23.2 Å². The maximum atomic E-state index is 12.8. The summed E-state index contributed by atoms with van der Waals surface area (Å²) in [6.45, 7) is 0. The van der Waals surface area contributed by atoms with Gasteiger partial charge in [-0.1, -0.05) is 47.5 Å². The molecular formula is C22H13Cl2NO3S. The molecule has 3 aromatic rings. The minimum absolute atomic E-state index is 0.118. The number of rotatable bonds is 4. The van der Waals surface area contributed by atoms with Crippen LogP contribution in [0.2, 0.25) is 10.0 Å². The smallest absolute Gasteiger partial charge is 0.234 e. The first-order valence-corrected chi connectivity index (χ1v) is 10.4. The Labute approximate surface area is 181 Å². The molecule has 0 spiro atoms. The van der Waals surface area contributed by atoms with Gasteiger partial charge in [0.15, 0.2) is 11.6 Å². The van der Waals surface area contributed by atoms with Crippen molar-refractivity contribution in [2.45, 2.75) is 4.90 Å². The van der Waals surface area contributed by atoms with Crippen molar-refractivity contribution in [2.24, 2.45) is 0 Å². The van der Waals surface area contributed by atoms with Gasteiger partial charge in [0.25, 0.3) is 0 Å². The Hall–Kier alpha value is -2.60. The topological polar surface area (TPSA) is 63.2 Å². The van der Waals surface area contributed by atoms with Gasteiger partial charge in [-0.25, -0.2) is 0 Å². The van der Waals surface area contributed by atoms with Crippen molar-refractivity contribution in [2.75, 3.05) is 11.1 Å². The van der Waals surface area contributed by atoms with Crippen LogP contribution in [0.25, 0.3) is 0 Å². The predicted molar refractivity (Wildman–Crippen MR) is 116 cm³/mol. The fraction of sp³-hybridized carbons (Fsp3) is 0.0455. The van der Waals surface area contributed by atoms with Gasteiger partial charge in [-0.15, -0.1) is 11.8 Å². The third-order valence-electron chi connectivity index (χ3n) is 4.46. The van der Waals surface area contributed by atoms with Crippen LogP contribution in [0.1, 0.15) is 31.8 Å². The summed E-state index contributed by atoms with van der Waals surface area (Å²) >= 11 is 13.3. The second-order valence-electron chi connectivity index (χ2n) is 6.38. The molecule has 0 atom stereocenters. The number of benzene rings is 3. The molecule has 1 amide bonds. The van der Waals surface area contributed by atoms with Gasteiger partial charge in [0.1, 0.15) is 0 Å². The quantitative estimate of drug-likeness (QED) is 0.424. The molecule has 7 heteroatoms. The van der Waals surface area contributed by atoms with E-state index in [1.54, 1.807) is 60.7 Å². The number of nitrogens with one attached hydrogen (secondary N) is 1. The van der Waals surface area contributed by atoms with Gasteiger partial charge in [-0.05, 0) is 36.4 Å². The van der Waals surface area contributed by atoms with Crippen LogP contribution in [-0.2, 0) is 4.79 Å². The minimum Gasteiger partial charge on any atom is -0.325 e. The van der Waals surface area contributed by atoms with E-state index in [4.69, 9.17) is 23.2 Å². The highest BCUT2D eigenvalue weighted by Crippen LogP contribution is 2.31. The summed E-state index contributed by atoms with van der Waals surface area (Å²) in [6.07, 6.45) is 0. The summed E-state index contributed by atoms with van der Waals surface area (Å²) in [7, 11) is 0. The molecule has 1 N–H and O–H groups in total. The molecule has 0 aliphatic heterocycles. The molecule has 0 heterocycles. The molecule has 0 bridgehead atoms. The summed E-state index contributed by atoms with van der Waals surface area (Å²) < 4.78 is 0. The minimum atomic E-state index is -0.263. The Morgan fingerprint density at radius 1 is 0.828 bits per heavy atom. The number of thioether (sulfide) groups is 1. The number of carbonyl (C=O) groups excluding carboxylic acids is 3. The monoisotopic (exact) mass is 441 g/mol. The highest BCUT2D eigenvalue weighted by molar-refractivity contribution is 8.00. The first kappa shape index (κ1) is 19.7. The molecule has 1 aliphatic rings. The zero-order valence-electron chi connectivity index (χ0n) is 14.9. The van der Waals surface area contributed by atoms with Crippen LogP contribution in [0.3, 0.4) is 0 Å². The zero-order valence-corrected chi connectivity index (χ0v) is 17.2. The largest absolute Gasteiger partial charge is 0.325 e. The molecule has 0 saturated heterocycles. The SMILES string of the molecule is O=C(CSc1cc(Cl)ccc1Cl)Nc1ccc2c(c1)C(=O)c1ccccc1C2=O. The van der Waals surface area contributed by atoms with Gasteiger partial charge in [0.2, 0.25) is 5.91 Å². The number of amides is 1. The van der Waals surface area contributed by atoms with Crippen LogP contribution < -0.4 is 5.32 Å². The van der Waals surface area contributed by atoms with Gasteiger partial charge in [-0.3, -0.25) is 14.4 Å². The normalized spacial score (nSPS) is 12.3. The number of ketones is 2. The second-order valence-corrected chi connectivity index (χ2v) is 8.24. The molecule has 144 valence electrons. The van der Waals surface area contributed by atoms with E-state index in [-0.39, 0.29) is 28.8 Å². The lowest BCUT2D eigenvalue weighted by atomic mass is 9.84. The van der Waals surface area contributed by atoms with Crippen molar-refractivity contribution in [3.8, 4) is 0 Å². The molecule has 4 nitrogen and oxygen atoms in total. The van der Waals surface area contributed by atoms with Gasteiger partial charge >= 0.3 is 0 Å². The van der Waals surface area contributed by atoms with E-state index < -0.39 is 0 Å². The maximum Gasteiger partial charge on any atom is 0.234 e. The third kappa shape index (κ3) is 3.94. The van der Waals surface area contributed by atoms with Crippen molar-refractivity contribution in [1.29, 1.82) is 0 Å².